The van der Waals surface area contributed by atoms with Crippen LogP contribution in [0.4, 0.5) is 5.69 Å². The Morgan fingerprint density at radius 3 is 2.61 bits per heavy atom. The first-order valence-corrected chi connectivity index (χ1v) is 8.40. The number of carbonyl (C=O) groups is 2. The van der Waals surface area contributed by atoms with Gasteiger partial charge in [0, 0.05) is 29.1 Å². The second-order valence-corrected chi connectivity index (χ2v) is 6.39. The average Bonchev–Trinajstić information content (AvgIpc) is 3.23. The van der Waals surface area contributed by atoms with Gasteiger partial charge in [0.2, 0.25) is 0 Å². The first-order valence-electron chi connectivity index (χ1n) is 7.52. The maximum atomic E-state index is 12.1. The number of anilines is 1. The van der Waals surface area contributed by atoms with Gasteiger partial charge < -0.3 is 16.4 Å². The van der Waals surface area contributed by atoms with Crippen LogP contribution >= 0.6 is 11.3 Å². The van der Waals surface area contributed by atoms with Gasteiger partial charge in [0.15, 0.2) is 0 Å². The molecule has 1 saturated carbocycles. The molecular weight excluding hydrogens is 312 g/mol. The van der Waals surface area contributed by atoms with Gasteiger partial charge in [-0.2, -0.15) is 0 Å². The van der Waals surface area contributed by atoms with E-state index in [2.05, 4.69) is 15.6 Å². The topological polar surface area (TPSA) is 97.1 Å². The van der Waals surface area contributed by atoms with Crippen LogP contribution in [0, 0.1) is 0 Å². The molecule has 1 aliphatic rings. The van der Waals surface area contributed by atoms with Crippen LogP contribution < -0.4 is 16.4 Å². The third kappa shape index (κ3) is 4.14. The third-order valence-corrected chi connectivity index (χ3v) is 4.37. The number of amides is 2. The molecule has 1 fully saturated rings. The fraction of sp³-hybridized carbons (Fsp3) is 0.312. The molecule has 0 bridgehead atoms. The highest BCUT2D eigenvalue weighted by molar-refractivity contribution is 7.09. The van der Waals surface area contributed by atoms with Gasteiger partial charge in [-0.05, 0) is 43.7 Å². The Balaban J connectivity index is 1.60. The summed E-state index contributed by atoms with van der Waals surface area (Å²) in [6, 6.07) is 7.16. The van der Waals surface area contributed by atoms with Crippen molar-refractivity contribution in [2.45, 2.75) is 25.3 Å². The van der Waals surface area contributed by atoms with Gasteiger partial charge in [0.05, 0.1) is 5.01 Å². The molecule has 2 amide bonds. The standard InChI is InChI=1S/C16H18N4O2S/c17-8-7-14-20-13(9-23-14)16(22)19-11-3-1-10(2-4-11)15(21)18-12-5-6-12/h1-4,9,12H,5-8,17H2,(H,18,21)(H,19,22). The maximum Gasteiger partial charge on any atom is 0.275 e. The van der Waals surface area contributed by atoms with Crippen molar-refractivity contribution in [1.29, 1.82) is 0 Å². The first-order chi connectivity index (χ1) is 11.2. The van der Waals surface area contributed by atoms with E-state index in [-0.39, 0.29) is 11.8 Å². The third-order valence-electron chi connectivity index (χ3n) is 3.46. The molecule has 6 nitrogen and oxygen atoms in total. The van der Waals surface area contributed by atoms with Crippen molar-refractivity contribution in [3.63, 3.8) is 0 Å². The van der Waals surface area contributed by atoms with Crippen molar-refractivity contribution >= 4 is 28.8 Å². The minimum atomic E-state index is -0.264. The normalized spacial score (nSPS) is 13.6. The van der Waals surface area contributed by atoms with E-state index in [0.717, 1.165) is 17.8 Å². The molecule has 3 rings (SSSR count). The van der Waals surface area contributed by atoms with Gasteiger partial charge in [-0.1, -0.05) is 0 Å². The van der Waals surface area contributed by atoms with Crippen molar-refractivity contribution in [2.24, 2.45) is 5.73 Å². The molecule has 4 N–H and O–H groups in total. The first kappa shape index (κ1) is 15.6. The van der Waals surface area contributed by atoms with Crippen LogP contribution in [0.15, 0.2) is 29.6 Å². The van der Waals surface area contributed by atoms with E-state index in [1.54, 1.807) is 29.6 Å². The number of benzene rings is 1. The molecule has 1 aromatic carbocycles. The zero-order valence-electron chi connectivity index (χ0n) is 12.5. The molecule has 0 aliphatic heterocycles. The van der Waals surface area contributed by atoms with Gasteiger partial charge in [-0.25, -0.2) is 4.98 Å². The van der Waals surface area contributed by atoms with Crippen molar-refractivity contribution in [2.75, 3.05) is 11.9 Å². The Morgan fingerprint density at radius 1 is 1.22 bits per heavy atom. The van der Waals surface area contributed by atoms with Crippen molar-refractivity contribution in [1.82, 2.24) is 10.3 Å². The number of thiazole rings is 1. The van der Waals surface area contributed by atoms with Gasteiger partial charge in [-0.15, -0.1) is 11.3 Å². The second-order valence-electron chi connectivity index (χ2n) is 5.44. The summed E-state index contributed by atoms with van der Waals surface area (Å²) < 4.78 is 0. The van der Waals surface area contributed by atoms with Crippen molar-refractivity contribution < 1.29 is 9.59 Å². The summed E-state index contributed by atoms with van der Waals surface area (Å²) in [7, 11) is 0. The molecule has 0 atom stereocenters. The van der Waals surface area contributed by atoms with Gasteiger partial charge in [-0.3, -0.25) is 9.59 Å². The zero-order chi connectivity index (χ0) is 16.2. The van der Waals surface area contributed by atoms with Crippen LogP contribution in [-0.2, 0) is 6.42 Å². The minimum Gasteiger partial charge on any atom is -0.349 e. The highest BCUT2D eigenvalue weighted by atomic mass is 32.1. The summed E-state index contributed by atoms with van der Waals surface area (Å²) in [4.78, 5) is 28.3. The number of carbonyl (C=O) groups excluding carboxylic acids is 2. The fourth-order valence-corrected chi connectivity index (χ4v) is 2.84. The SMILES string of the molecule is NCCc1nc(C(=O)Nc2ccc(C(=O)NC3CC3)cc2)cs1. The Morgan fingerprint density at radius 2 is 1.96 bits per heavy atom. The molecule has 2 aromatic rings. The van der Waals surface area contributed by atoms with Crippen LogP contribution in [0.3, 0.4) is 0 Å². The van der Waals surface area contributed by atoms with Crippen LogP contribution in [0.2, 0.25) is 0 Å². The van der Waals surface area contributed by atoms with Crippen LogP contribution in [0.25, 0.3) is 0 Å². The van der Waals surface area contributed by atoms with E-state index in [1.807, 2.05) is 0 Å². The van der Waals surface area contributed by atoms with Gasteiger partial charge >= 0.3 is 0 Å². The lowest BCUT2D eigenvalue weighted by Crippen LogP contribution is -2.25. The molecule has 1 aromatic heterocycles. The lowest BCUT2D eigenvalue weighted by molar-refractivity contribution is 0.0950. The summed E-state index contributed by atoms with van der Waals surface area (Å²) in [5.74, 6) is -0.337. The van der Waals surface area contributed by atoms with Crippen molar-refractivity contribution in [3.05, 3.63) is 45.9 Å². The van der Waals surface area contributed by atoms with E-state index in [0.29, 0.717) is 36.0 Å². The molecular formula is C16H18N4O2S. The molecule has 1 aliphatic carbocycles. The lowest BCUT2D eigenvalue weighted by Gasteiger charge is -2.06. The molecule has 0 unspecified atom stereocenters. The Kier molecular flexibility index (Phi) is 4.68. The lowest BCUT2D eigenvalue weighted by atomic mass is 10.2. The van der Waals surface area contributed by atoms with E-state index >= 15 is 0 Å². The minimum absolute atomic E-state index is 0.0729. The summed E-state index contributed by atoms with van der Waals surface area (Å²) in [5, 5.41) is 8.27. The maximum absolute atomic E-state index is 12.1. The fourth-order valence-electron chi connectivity index (χ4n) is 2.05. The number of nitrogens with one attached hydrogen (secondary N) is 2. The van der Waals surface area contributed by atoms with Gasteiger partial charge in [0.1, 0.15) is 5.69 Å². The number of aromatic nitrogens is 1. The van der Waals surface area contributed by atoms with Gasteiger partial charge in [0.25, 0.3) is 11.8 Å². The largest absolute Gasteiger partial charge is 0.349 e. The second kappa shape index (κ2) is 6.89. The Bertz CT molecular complexity index is 707. The number of hydrogen-bond acceptors (Lipinski definition) is 5. The zero-order valence-corrected chi connectivity index (χ0v) is 13.4. The summed E-state index contributed by atoms with van der Waals surface area (Å²) in [6.45, 7) is 0.513. The number of nitrogens with two attached hydrogens (primary N) is 1. The summed E-state index contributed by atoms with van der Waals surface area (Å²) in [6.07, 6.45) is 2.78. The molecule has 0 saturated heterocycles. The van der Waals surface area contributed by atoms with E-state index < -0.39 is 0 Å². The van der Waals surface area contributed by atoms with Crippen LogP contribution in [-0.4, -0.2) is 29.4 Å². The molecule has 0 radical (unpaired) electrons. The quantitative estimate of drug-likeness (QED) is 0.752. The monoisotopic (exact) mass is 330 g/mol. The highest BCUT2D eigenvalue weighted by Crippen LogP contribution is 2.20. The Labute approximate surface area is 138 Å². The van der Waals surface area contributed by atoms with Crippen LogP contribution in [0.5, 0.6) is 0 Å². The van der Waals surface area contributed by atoms with E-state index in [9.17, 15) is 9.59 Å². The molecule has 0 spiro atoms. The molecule has 7 heteroatoms. The predicted molar refractivity (Wildman–Crippen MR) is 89.8 cm³/mol. The summed E-state index contributed by atoms with van der Waals surface area (Å²) in [5.41, 5.74) is 7.08. The number of rotatable bonds is 6. The smallest absolute Gasteiger partial charge is 0.275 e. The number of nitrogens with zero attached hydrogens (tertiary/aromatic N) is 1. The molecule has 120 valence electrons. The van der Waals surface area contributed by atoms with E-state index in [1.165, 1.54) is 11.3 Å². The molecule has 1 heterocycles. The highest BCUT2D eigenvalue weighted by Gasteiger charge is 2.23. The van der Waals surface area contributed by atoms with Crippen LogP contribution in [0.1, 0.15) is 38.7 Å². The summed E-state index contributed by atoms with van der Waals surface area (Å²) >= 11 is 1.43. The van der Waals surface area contributed by atoms with E-state index in [4.69, 9.17) is 5.73 Å². The Hall–Kier alpha value is -2.25. The number of hydrogen-bond donors (Lipinski definition) is 3. The molecule has 23 heavy (non-hydrogen) atoms. The predicted octanol–water partition coefficient (Wildman–Crippen LogP) is 1.79. The average molecular weight is 330 g/mol. The van der Waals surface area contributed by atoms with Crippen molar-refractivity contribution in [3.8, 4) is 0 Å².